The standard InChI is InChI=1S/C9H7.C8H11O.2ClH.Zr/c1-2-5-9-7-3-6-8(9)4-1;9-7-3-6-8-4-1-2-5-8;;;/h1-7H;1-2,4-5,9H,3,6-7H2;2*1H;/q2*-1;;;+4/p-2. The third kappa shape index (κ3) is 7.97. The number of aryl methyl sites for hydroxylation is 1. The maximum absolute atomic E-state index is 8.47. The number of aliphatic hydroxyl groups excluding tert-OH is 1. The van der Waals surface area contributed by atoms with E-state index < -0.39 is 0 Å². The molecule has 1 N–H and O–H groups in total. The molecule has 3 aromatic carbocycles. The van der Waals surface area contributed by atoms with Gasteiger partial charge < -0.3 is 29.9 Å². The Bertz CT molecular complexity index is 531. The van der Waals surface area contributed by atoms with E-state index in [4.69, 9.17) is 5.11 Å². The van der Waals surface area contributed by atoms with E-state index in [0.717, 1.165) is 12.8 Å². The van der Waals surface area contributed by atoms with Crippen molar-refractivity contribution in [2.24, 2.45) is 0 Å². The van der Waals surface area contributed by atoms with Crippen LogP contribution < -0.4 is 24.8 Å². The summed E-state index contributed by atoms with van der Waals surface area (Å²) in [5.74, 6) is 0. The van der Waals surface area contributed by atoms with Gasteiger partial charge in [0.1, 0.15) is 0 Å². The molecule has 4 heteroatoms. The van der Waals surface area contributed by atoms with E-state index >= 15 is 0 Å². The molecule has 0 saturated carbocycles. The molecule has 0 aliphatic rings. The minimum absolute atomic E-state index is 0. The number of hydrogen-bond acceptors (Lipinski definition) is 1. The van der Waals surface area contributed by atoms with Crippen LogP contribution in [0.25, 0.3) is 10.8 Å². The molecule has 0 amide bonds. The summed E-state index contributed by atoms with van der Waals surface area (Å²) in [6.07, 6.45) is 1.88. The number of rotatable bonds is 3. The van der Waals surface area contributed by atoms with Crippen molar-refractivity contribution in [3.8, 4) is 0 Å². The molecule has 0 saturated heterocycles. The molecule has 3 rings (SSSR count). The first-order valence-corrected chi connectivity index (χ1v) is 6.32. The molecule has 0 heterocycles. The van der Waals surface area contributed by atoms with Crippen LogP contribution >= 0.6 is 0 Å². The van der Waals surface area contributed by atoms with E-state index in [0.29, 0.717) is 6.61 Å². The second kappa shape index (κ2) is 13.3. The van der Waals surface area contributed by atoms with Gasteiger partial charge in [-0.25, -0.2) is 12.1 Å². The van der Waals surface area contributed by atoms with Crippen LogP contribution in [0.15, 0.2) is 66.7 Å². The van der Waals surface area contributed by atoms with Gasteiger partial charge in [0.15, 0.2) is 0 Å². The molecule has 0 unspecified atom stereocenters. The zero-order chi connectivity index (χ0) is 12.6. The predicted molar refractivity (Wildman–Crippen MR) is 77.0 cm³/mol. The van der Waals surface area contributed by atoms with Gasteiger partial charge in [0.2, 0.25) is 0 Å². The fourth-order valence-corrected chi connectivity index (χ4v) is 1.93. The summed E-state index contributed by atoms with van der Waals surface area (Å²) in [6, 6.07) is 22.9. The fraction of sp³-hybridized carbons (Fsp3) is 0.176. The van der Waals surface area contributed by atoms with Crippen LogP contribution in [0.5, 0.6) is 0 Å². The number of hydrogen-bond donors (Lipinski definition) is 1. The Kier molecular flexibility index (Phi) is 14.5. The Balaban J connectivity index is 0. The van der Waals surface area contributed by atoms with Crippen molar-refractivity contribution in [1.29, 1.82) is 0 Å². The van der Waals surface area contributed by atoms with Gasteiger partial charge in [0.05, 0.1) is 0 Å². The molecule has 1 nitrogen and oxygen atoms in total. The number of aliphatic hydroxyl groups is 1. The average Bonchev–Trinajstić information content (AvgIpc) is 3.08. The van der Waals surface area contributed by atoms with Gasteiger partial charge in [-0.2, -0.15) is 35.2 Å². The van der Waals surface area contributed by atoms with Crippen LogP contribution in [0.3, 0.4) is 0 Å². The summed E-state index contributed by atoms with van der Waals surface area (Å²) in [7, 11) is 0. The molecule has 0 aromatic heterocycles. The van der Waals surface area contributed by atoms with E-state index in [1.165, 1.54) is 16.3 Å². The molecule has 21 heavy (non-hydrogen) atoms. The first-order valence-electron chi connectivity index (χ1n) is 6.32. The summed E-state index contributed by atoms with van der Waals surface area (Å²) in [5.41, 5.74) is 1.32. The van der Waals surface area contributed by atoms with Gasteiger partial charge in [-0.1, -0.05) is 12.5 Å². The Hall–Kier alpha value is -0.397. The van der Waals surface area contributed by atoms with E-state index in [2.05, 4.69) is 54.6 Å². The third-order valence-electron chi connectivity index (χ3n) is 2.90. The van der Waals surface area contributed by atoms with Gasteiger partial charge >= 0.3 is 26.2 Å². The SMILES string of the molecule is OCCC[c-]1cccc1.[Cl-].[Cl-].[Zr+4].c1ccc2[cH-]ccc2c1. The minimum atomic E-state index is 0. The van der Waals surface area contributed by atoms with Gasteiger partial charge in [-0.3, -0.25) is 0 Å². The summed E-state index contributed by atoms with van der Waals surface area (Å²) < 4.78 is 0. The number of fused-ring (bicyclic) bond motifs is 1. The zero-order valence-corrected chi connectivity index (χ0v) is 15.6. The van der Waals surface area contributed by atoms with Gasteiger partial charge in [0.25, 0.3) is 0 Å². The summed E-state index contributed by atoms with van der Waals surface area (Å²) in [5, 5.41) is 11.1. The Morgan fingerprint density at radius 1 is 0.952 bits per heavy atom. The van der Waals surface area contributed by atoms with Crippen molar-refractivity contribution < 1.29 is 56.1 Å². The van der Waals surface area contributed by atoms with Crippen molar-refractivity contribution in [1.82, 2.24) is 0 Å². The topological polar surface area (TPSA) is 20.2 Å². The van der Waals surface area contributed by atoms with E-state index in [9.17, 15) is 0 Å². The number of benzene rings is 1. The van der Waals surface area contributed by atoms with Crippen molar-refractivity contribution in [3.05, 3.63) is 72.3 Å². The second-order valence-electron chi connectivity index (χ2n) is 4.28. The van der Waals surface area contributed by atoms with E-state index in [-0.39, 0.29) is 51.0 Å². The quantitative estimate of drug-likeness (QED) is 0.500. The monoisotopic (exact) mass is 398 g/mol. The molecular formula is C17H18Cl2OZr. The van der Waals surface area contributed by atoms with Gasteiger partial charge in [0, 0.05) is 6.61 Å². The summed E-state index contributed by atoms with van der Waals surface area (Å²) >= 11 is 0. The van der Waals surface area contributed by atoms with Crippen LogP contribution in [-0.2, 0) is 32.6 Å². The fourth-order valence-electron chi connectivity index (χ4n) is 1.93. The van der Waals surface area contributed by atoms with E-state index in [1.54, 1.807) is 0 Å². The molecule has 0 aliphatic carbocycles. The molecule has 0 aliphatic heterocycles. The molecular weight excluding hydrogens is 382 g/mol. The average molecular weight is 400 g/mol. The van der Waals surface area contributed by atoms with Crippen LogP contribution in [0.1, 0.15) is 12.0 Å². The van der Waals surface area contributed by atoms with Crippen LogP contribution in [0.2, 0.25) is 0 Å². The minimum Gasteiger partial charge on any atom is -1.00 e. The van der Waals surface area contributed by atoms with Crippen LogP contribution in [-0.4, -0.2) is 11.7 Å². The molecule has 110 valence electrons. The maximum Gasteiger partial charge on any atom is 4.00 e. The third-order valence-corrected chi connectivity index (χ3v) is 2.90. The molecule has 0 bridgehead atoms. The predicted octanol–water partition coefficient (Wildman–Crippen LogP) is -2.11. The van der Waals surface area contributed by atoms with Crippen molar-refractivity contribution in [3.63, 3.8) is 0 Å². The van der Waals surface area contributed by atoms with E-state index in [1.807, 2.05) is 12.1 Å². The zero-order valence-electron chi connectivity index (χ0n) is 11.7. The van der Waals surface area contributed by atoms with Crippen molar-refractivity contribution in [2.45, 2.75) is 12.8 Å². The first kappa shape index (κ1) is 22.9. The normalized spacial score (nSPS) is 8.62. The number of halogens is 2. The summed E-state index contributed by atoms with van der Waals surface area (Å²) in [6.45, 7) is 0.297. The van der Waals surface area contributed by atoms with Gasteiger partial charge in [-0.05, 0) is 6.42 Å². The Labute approximate surface area is 158 Å². The van der Waals surface area contributed by atoms with Crippen LogP contribution in [0, 0.1) is 0 Å². The molecule has 3 aromatic rings. The smallest absolute Gasteiger partial charge is 1.00 e. The Morgan fingerprint density at radius 3 is 2.24 bits per heavy atom. The molecule has 0 radical (unpaired) electrons. The Morgan fingerprint density at radius 2 is 1.62 bits per heavy atom. The maximum atomic E-state index is 8.47. The molecule has 0 spiro atoms. The molecule has 0 atom stereocenters. The van der Waals surface area contributed by atoms with Crippen LogP contribution in [0.4, 0.5) is 0 Å². The molecule has 0 fully saturated rings. The van der Waals surface area contributed by atoms with Gasteiger partial charge in [-0.15, -0.1) is 29.7 Å². The van der Waals surface area contributed by atoms with Crippen molar-refractivity contribution >= 4 is 10.8 Å². The van der Waals surface area contributed by atoms with Crippen molar-refractivity contribution in [2.75, 3.05) is 6.61 Å². The first-order chi connectivity index (χ1) is 8.90. The second-order valence-corrected chi connectivity index (χ2v) is 4.28. The largest absolute Gasteiger partial charge is 4.00 e. The summed E-state index contributed by atoms with van der Waals surface area (Å²) in [4.78, 5) is 0.